The Bertz CT molecular complexity index is 594. The zero-order valence-corrected chi connectivity index (χ0v) is 11.0. The Morgan fingerprint density at radius 1 is 1.11 bits per heavy atom. The molecule has 96 valence electrons. The number of nitrogens with two attached hydrogens (primary N) is 1. The molecule has 0 atom stereocenters. The normalized spacial score (nSPS) is 9.95. The monoisotopic (exact) mass is 251 g/mol. The number of rotatable bonds is 4. The molecule has 2 aromatic carbocycles. The molecule has 0 heterocycles. The van der Waals surface area contributed by atoms with Crippen LogP contribution < -0.4 is 11.1 Å². The third kappa shape index (κ3) is 3.12. The van der Waals surface area contributed by atoms with Crippen LogP contribution in [0.2, 0.25) is 0 Å². The molecule has 3 heteroatoms. The van der Waals surface area contributed by atoms with Crippen molar-refractivity contribution >= 4 is 5.69 Å². The molecule has 0 saturated heterocycles. The van der Waals surface area contributed by atoms with Gasteiger partial charge < -0.3 is 11.1 Å². The van der Waals surface area contributed by atoms with Crippen molar-refractivity contribution in [3.63, 3.8) is 0 Å². The maximum absolute atomic E-state index is 9.10. The van der Waals surface area contributed by atoms with E-state index in [-0.39, 0.29) is 0 Å². The highest BCUT2D eigenvalue weighted by Crippen LogP contribution is 2.20. The fraction of sp³-hybridized carbons (Fsp3) is 0.188. The number of nitrogens with zero attached hydrogens (tertiary/aromatic N) is 1. The number of nitrogens with one attached hydrogen (secondary N) is 1. The molecule has 3 nitrogen and oxygen atoms in total. The smallest absolute Gasteiger partial charge is 0.101 e. The highest BCUT2D eigenvalue weighted by Gasteiger charge is 2.04. The predicted octanol–water partition coefficient (Wildman–Crippen LogP) is 2.94. The third-order valence-corrected chi connectivity index (χ3v) is 3.12. The highest BCUT2D eigenvalue weighted by molar-refractivity contribution is 5.62. The maximum Gasteiger partial charge on any atom is 0.101 e. The third-order valence-electron chi connectivity index (χ3n) is 3.12. The molecule has 0 amide bonds. The van der Waals surface area contributed by atoms with Crippen molar-refractivity contribution in [2.75, 3.05) is 5.32 Å². The van der Waals surface area contributed by atoms with Gasteiger partial charge in [0.05, 0.1) is 11.3 Å². The Morgan fingerprint density at radius 3 is 2.42 bits per heavy atom. The van der Waals surface area contributed by atoms with Crippen molar-refractivity contribution in [3.8, 4) is 6.07 Å². The quantitative estimate of drug-likeness (QED) is 0.878. The van der Waals surface area contributed by atoms with Crippen LogP contribution in [0.4, 0.5) is 5.69 Å². The number of para-hydroxylation sites is 1. The van der Waals surface area contributed by atoms with Gasteiger partial charge in [0.25, 0.3) is 0 Å². The summed E-state index contributed by atoms with van der Waals surface area (Å²) in [6.45, 7) is 3.26. The molecule has 0 aliphatic heterocycles. The van der Waals surface area contributed by atoms with Crippen LogP contribution >= 0.6 is 0 Å². The summed E-state index contributed by atoms with van der Waals surface area (Å²) in [5.41, 5.74) is 10.5. The topological polar surface area (TPSA) is 61.8 Å². The molecule has 2 aromatic rings. The van der Waals surface area contributed by atoms with Crippen LogP contribution in [0.1, 0.15) is 22.3 Å². The van der Waals surface area contributed by atoms with Crippen molar-refractivity contribution < 1.29 is 0 Å². The van der Waals surface area contributed by atoms with Crippen LogP contribution in [-0.2, 0) is 13.1 Å². The predicted molar refractivity (Wildman–Crippen MR) is 77.6 cm³/mol. The fourth-order valence-electron chi connectivity index (χ4n) is 1.98. The Morgan fingerprint density at radius 2 is 1.79 bits per heavy atom. The maximum atomic E-state index is 9.10. The van der Waals surface area contributed by atoms with Crippen LogP contribution in [0.15, 0.2) is 42.5 Å². The lowest BCUT2D eigenvalue weighted by Crippen LogP contribution is -2.03. The van der Waals surface area contributed by atoms with Crippen LogP contribution in [0, 0.1) is 18.3 Å². The molecular weight excluding hydrogens is 234 g/mol. The average Bonchev–Trinajstić information content (AvgIpc) is 2.46. The summed E-state index contributed by atoms with van der Waals surface area (Å²) in [5.74, 6) is 0. The molecule has 0 aliphatic carbocycles. The summed E-state index contributed by atoms with van der Waals surface area (Å²) in [6.07, 6.45) is 0. The Balaban J connectivity index is 2.12. The van der Waals surface area contributed by atoms with E-state index in [2.05, 4.69) is 23.5 Å². The number of anilines is 1. The van der Waals surface area contributed by atoms with Gasteiger partial charge in [-0.2, -0.15) is 5.26 Å². The van der Waals surface area contributed by atoms with Gasteiger partial charge in [0.1, 0.15) is 6.07 Å². The van der Waals surface area contributed by atoms with Gasteiger partial charge in [0.15, 0.2) is 0 Å². The number of benzene rings is 2. The second-order valence-corrected chi connectivity index (χ2v) is 4.48. The van der Waals surface area contributed by atoms with E-state index in [1.54, 1.807) is 0 Å². The van der Waals surface area contributed by atoms with E-state index < -0.39 is 0 Å². The first-order valence-corrected chi connectivity index (χ1v) is 6.26. The minimum atomic E-state index is 0.560. The zero-order valence-electron chi connectivity index (χ0n) is 11.0. The minimum Gasteiger partial charge on any atom is -0.380 e. The van der Waals surface area contributed by atoms with Crippen molar-refractivity contribution in [3.05, 3.63) is 64.7 Å². The summed E-state index contributed by atoms with van der Waals surface area (Å²) in [5, 5.41) is 12.4. The van der Waals surface area contributed by atoms with Gasteiger partial charge in [-0.1, -0.05) is 36.4 Å². The molecule has 0 saturated carbocycles. The molecule has 0 spiro atoms. The zero-order chi connectivity index (χ0) is 13.7. The lowest BCUT2D eigenvalue weighted by molar-refractivity contribution is 1.06. The van der Waals surface area contributed by atoms with E-state index in [4.69, 9.17) is 11.0 Å². The molecule has 0 aromatic heterocycles. The first kappa shape index (κ1) is 13.1. The highest BCUT2D eigenvalue weighted by atomic mass is 14.9. The Hall–Kier alpha value is -2.31. The molecule has 0 fully saturated rings. The van der Waals surface area contributed by atoms with E-state index in [1.807, 2.05) is 37.3 Å². The van der Waals surface area contributed by atoms with Crippen LogP contribution in [0.5, 0.6) is 0 Å². The van der Waals surface area contributed by atoms with Gasteiger partial charge in [0.2, 0.25) is 0 Å². The summed E-state index contributed by atoms with van der Waals surface area (Å²) >= 11 is 0. The Labute approximate surface area is 113 Å². The van der Waals surface area contributed by atoms with Gasteiger partial charge in [-0.15, -0.1) is 0 Å². The number of aryl methyl sites for hydroxylation is 1. The van der Waals surface area contributed by atoms with Crippen molar-refractivity contribution in [2.24, 2.45) is 5.73 Å². The minimum absolute atomic E-state index is 0.560. The van der Waals surface area contributed by atoms with E-state index in [0.29, 0.717) is 18.7 Å². The van der Waals surface area contributed by atoms with Crippen LogP contribution in [0.3, 0.4) is 0 Å². The largest absolute Gasteiger partial charge is 0.380 e. The second-order valence-electron chi connectivity index (χ2n) is 4.48. The first-order chi connectivity index (χ1) is 9.24. The SMILES string of the molecule is Cc1cccc(C#N)c1NCc1ccc(CN)cc1. The van der Waals surface area contributed by atoms with Crippen molar-refractivity contribution in [2.45, 2.75) is 20.0 Å². The molecule has 2 rings (SSSR count). The summed E-state index contributed by atoms with van der Waals surface area (Å²) in [7, 11) is 0. The van der Waals surface area contributed by atoms with E-state index in [9.17, 15) is 0 Å². The van der Waals surface area contributed by atoms with Crippen molar-refractivity contribution in [1.29, 1.82) is 5.26 Å². The summed E-state index contributed by atoms with van der Waals surface area (Å²) in [4.78, 5) is 0. The molecule has 0 radical (unpaired) electrons. The summed E-state index contributed by atoms with van der Waals surface area (Å²) < 4.78 is 0. The molecule has 0 unspecified atom stereocenters. The number of nitriles is 1. The van der Waals surface area contributed by atoms with Crippen LogP contribution in [0.25, 0.3) is 0 Å². The van der Waals surface area contributed by atoms with Crippen molar-refractivity contribution in [1.82, 2.24) is 0 Å². The molecular formula is C16H17N3. The van der Waals surface area contributed by atoms with Gasteiger partial charge in [-0.3, -0.25) is 0 Å². The Kier molecular flexibility index (Phi) is 4.17. The molecule has 19 heavy (non-hydrogen) atoms. The van der Waals surface area contributed by atoms with Gasteiger partial charge in [-0.05, 0) is 29.7 Å². The van der Waals surface area contributed by atoms with Gasteiger partial charge in [0, 0.05) is 13.1 Å². The molecule has 0 bridgehead atoms. The summed E-state index contributed by atoms with van der Waals surface area (Å²) in [6, 6.07) is 16.1. The first-order valence-electron chi connectivity index (χ1n) is 6.26. The van der Waals surface area contributed by atoms with E-state index in [1.165, 1.54) is 5.56 Å². The fourth-order valence-corrected chi connectivity index (χ4v) is 1.98. The number of hydrogen-bond donors (Lipinski definition) is 2. The average molecular weight is 251 g/mol. The van der Waals surface area contributed by atoms with Gasteiger partial charge in [-0.25, -0.2) is 0 Å². The lowest BCUT2D eigenvalue weighted by atomic mass is 10.1. The standard InChI is InChI=1S/C16H17N3/c1-12-3-2-4-15(10-18)16(12)19-11-14-7-5-13(9-17)6-8-14/h2-8,19H,9,11,17H2,1H3. The van der Waals surface area contributed by atoms with Gasteiger partial charge >= 0.3 is 0 Å². The molecule has 3 N–H and O–H groups in total. The lowest BCUT2D eigenvalue weighted by Gasteiger charge is -2.11. The molecule has 0 aliphatic rings. The van der Waals surface area contributed by atoms with Crippen LogP contribution in [-0.4, -0.2) is 0 Å². The van der Waals surface area contributed by atoms with E-state index in [0.717, 1.165) is 16.8 Å². The second kappa shape index (κ2) is 6.03. The number of hydrogen-bond acceptors (Lipinski definition) is 3. The van der Waals surface area contributed by atoms with E-state index >= 15 is 0 Å².